The van der Waals surface area contributed by atoms with Gasteiger partial charge in [-0.3, -0.25) is 4.98 Å². The number of benzene rings is 3. The second kappa shape index (κ2) is 7.06. The first-order chi connectivity index (χ1) is 12.7. The summed E-state index contributed by atoms with van der Waals surface area (Å²) >= 11 is 6.00. The Kier molecular flexibility index (Phi) is 4.46. The minimum Gasteiger partial charge on any atom is -0.505 e. The third kappa shape index (κ3) is 3.22. The average Bonchev–Trinajstić information content (AvgIpc) is 2.69. The number of aromatic nitrogens is 1. The Balaban J connectivity index is 1.83. The molecule has 0 saturated carbocycles. The number of rotatable bonds is 4. The number of nitrogens with zero attached hydrogens (tertiary/aromatic N) is 1. The van der Waals surface area contributed by atoms with Crippen molar-refractivity contribution in [1.82, 2.24) is 4.98 Å². The van der Waals surface area contributed by atoms with Crippen LogP contribution in [0.15, 0.2) is 85.1 Å². The molecule has 2 N–H and O–H groups in total. The van der Waals surface area contributed by atoms with E-state index in [1.54, 1.807) is 6.20 Å². The minimum absolute atomic E-state index is 0.193. The van der Waals surface area contributed by atoms with Gasteiger partial charge in [0.1, 0.15) is 11.3 Å². The standard InChI is InChI=1S/C22H17ClN2O/c23-17-9-11-18(12-10-17)25-20(15-5-2-1-3-6-15)19-13-8-16-7-4-14-24-21(16)22(19)26/h1-14,20,25-26H/t20-/m1/s1. The molecule has 0 spiro atoms. The van der Waals surface area contributed by atoms with Crippen LogP contribution in [0, 0.1) is 0 Å². The Morgan fingerprint density at radius 3 is 2.38 bits per heavy atom. The van der Waals surface area contributed by atoms with E-state index in [-0.39, 0.29) is 11.8 Å². The first kappa shape index (κ1) is 16.4. The van der Waals surface area contributed by atoms with Crippen molar-refractivity contribution in [2.45, 2.75) is 6.04 Å². The molecule has 1 atom stereocenters. The molecule has 4 aromatic rings. The maximum atomic E-state index is 10.9. The van der Waals surface area contributed by atoms with Crippen molar-refractivity contribution in [1.29, 1.82) is 0 Å². The SMILES string of the molecule is Oc1c([C@H](Nc2ccc(Cl)cc2)c2ccccc2)ccc2cccnc12. The van der Waals surface area contributed by atoms with Crippen LogP contribution < -0.4 is 5.32 Å². The number of hydrogen-bond acceptors (Lipinski definition) is 3. The zero-order valence-corrected chi connectivity index (χ0v) is 14.7. The lowest BCUT2D eigenvalue weighted by atomic mass is 9.96. The Morgan fingerprint density at radius 2 is 1.62 bits per heavy atom. The molecule has 128 valence electrons. The summed E-state index contributed by atoms with van der Waals surface area (Å²) in [6.07, 6.45) is 1.69. The number of phenols is 1. The van der Waals surface area contributed by atoms with Gasteiger partial charge in [0.15, 0.2) is 0 Å². The molecule has 4 heteroatoms. The van der Waals surface area contributed by atoms with E-state index in [4.69, 9.17) is 11.6 Å². The van der Waals surface area contributed by atoms with Gasteiger partial charge < -0.3 is 10.4 Å². The van der Waals surface area contributed by atoms with Crippen molar-refractivity contribution in [2.75, 3.05) is 5.32 Å². The molecule has 0 unspecified atom stereocenters. The van der Waals surface area contributed by atoms with Crippen molar-refractivity contribution in [3.8, 4) is 5.75 Å². The van der Waals surface area contributed by atoms with E-state index < -0.39 is 0 Å². The predicted octanol–water partition coefficient (Wildman–Crippen LogP) is 5.80. The summed E-state index contributed by atoms with van der Waals surface area (Å²) in [5, 5.41) is 16.0. The normalized spacial score (nSPS) is 12.0. The van der Waals surface area contributed by atoms with Gasteiger partial charge in [0, 0.05) is 27.9 Å². The van der Waals surface area contributed by atoms with E-state index in [0.29, 0.717) is 10.5 Å². The summed E-state index contributed by atoms with van der Waals surface area (Å²) < 4.78 is 0. The highest BCUT2D eigenvalue weighted by molar-refractivity contribution is 6.30. The summed E-state index contributed by atoms with van der Waals surface area (Å²) in [7, 11) is 0. The van der Waals surface area contributed by atoms with Crippen molar-refractivity contribution in [2.24, 2.45) is 0 Å². The molecule has 0 fully saturated rings. The van der Waals surface area contributed by atoms with E-state index >= 15 is 0 Å². The molecular formula is C22H17ClN2O. The lowest BCUT2D eigenvalue weighted by molar-refractivity contribution is 0.472. The first-order valence-electron chi connectivity index (χ1n) is 8.36. The van der Waals surface area contributed by atoms with Gasteiger partial charge in [0.05, 0.1) is 6.04 Å². The van der Waals surface area contributed by atoms with E-state index in [2.05, 4.69) is 10.3 Å². The van der Waals surface area contributed by atoms with Gasteiger partial charge in [0.2, 0.25) is 0 Å². The third-order valence-electron chi connectivity index (χ3n) is 4.38. The summed E-state index contributed by atoms with van der Waals surface area (Å²) in [5.41, 5.74) is 3.35. The van der Waals surface area contributed by atoms with E-state index in [1.807, 2.05) is 78.9 Å². The number of fused-ring (bicyclic) bond motifs is 1. The number of aromatic hydroxyl groups is 1. The fourth-order valence-electron chi connectivity index (χ4n) is 3.08. The Bertz CT molecular complexity index is 1030. The lowest BCUT2D eigenvalue weighted by Crippen LogP contribution is -2.12. The Morgan fingerprint density at radius 1 is 0.846 bits per heavy atom. The molecule has 1 aromatic heterocycles. The van der Waals surface area contributed by atoms with Gasteiger partial charge >= 0.3 is 0 Å². The number of anilines is 1. The highest BCUT2D eigenvalue weighted by Crippen LogP contribution is 2.36. The molecule has 0 aliphatic carbocycles. The third-order valence-corrected chi connectivity index (χ3v) is 4.63. The maximum Gasteiger partial charge on any atom is 0.147 e. The van der Waals surface area contributed by atoms with Crippen molar-refractivity contribution >= 4 is 28.2 Å². The summed E-state index contributed by atoms with van der Waals surface area (Å²) in [5.74, 6) is 0.193. The average molecular weight is 361 g/mol. The van der Waals surface area contributed by atoms with E-state index in [1.165, 1.54) is 0 Å². The fourth-order valence-corrected chi connectivity index (χ4v) is 3.20. The summed E-state index contributed by atoms with van der Waals surface area (Å²) in [4.78, 5) is 4.34. The van der Waals surface area contributed by atoms with Crippen molar-refractivity contribution < 1.29 is 5.11 Å². The topological polar surface area (TPSA) is 45.1 Å². The predicted molar refractivity (Wildman–Crippen MR) is 107 cm³/mol. The van der Waals surface area contributed by atoms with Crippen LogP contribution in [-0.4, -0.2) is 10.1 Å². The number of halogens is 1. The highest BCUT2D eigenvalue weighted by atomic mass is 35.5. The Labute approximate surface area is 156 Å². The molecule has 0 bridgehead atoms. The van der Waals surface area contributed by atoms with Crippen LogP contribution in [0.1, 0.15) is 17.2 Å². The minimum atomic E-state index is -0.219. The van der Waals surface area contributed by atoms with Gasteiger partial charge in [0.25, 0.3) is 0 Å². The van der Waals surface area contributed by atoms with Crippen LogP contribution in [0.2, 0.25) is 5.02 Å². The highest BCUT2D eigenvalue weighted by Gasteiger charge is 2.19. The number of nitrogens with one attached hydrogen (secondary N) is 1. The molecule has 0 aliphatic heterocycles. The van der Waals surface area contributed by atoms with Crippen LogP contribution in [0.3, 0.4) is 0 Å². The van der Waals surface area contributed by atoms with Gasteiger partial charge in [-0.2, -0.15) is 0 Å². The monoisotopic (exact) mass is 360 g/mol. The zero-order chi connectivity index (χ0) is 17.9. The fraction of sp³-hybridized carbons (Fsp3) is 0.0455. The molecule has 26 heavy (non-hydrogen) atoms. The summed E-state index contributed by atoms with van der Waals surface area (Å²) in [6.45, 7) is 0. The second-order valence-electron chi connectivity index (χ2n) is 6.07. The van der Waals surface area contributed by atoms with Crippen molar-refractivity contribution in [3.63, 3.8) is 0 Å². The number of phenolic OH excluding ortho intramolecular Hbond substituents is 1. The molecule has 0 aliphatic rings. The van der Waals surface area contributed by atoms with Crippen LogP contribution in [0.4, 0.5) is 5.69 Å². The molecule has 4 rings (SSSR count). The molecule has 3 nitrogen and oxygen atoms in total. The maximum absolute atomic E-state index is 10.9. The molecule has 0 amide bonds. The molecule has 0 saturated heterocycles. The van der Waals surface area contributed by atoms with Crippen LogP contribution in [0.25, 0.3) is 10.9 Å². The quantitative estimate of drug-likeness (QED) is 0.483. The van der Waals surface area contributed by atoms with Gasteiger partial charge in [-0.15, -0.1) is 0 Å². The largest absolute Gasteiger partial charge is 0.505 e. The smallest absolute Gasteiger partial charge is 0.147 e. The first-order valence-corrected chi connectivity index (χ1v) is 8.74. The van der Waals surface area contributed by atoms with Crippen LogP contribution >= 0.6 is 11.6 Å². The summed E-state index contributed by atoms with van der Waals surface area (Å²) in [6, 6.07) is 25.1. The van der Waals surface area contributed by atoms with E-state index in [9.17, 15) is 5.11 Å². The van der Waals surface area contributed by atoms with Gasteiger partial charge in [-0.05, 0) is 35.9 Å². The molecule has 3 aromatic carbocycles. The van der Waals surface area contributed by atoms with Crippen LogP contribution in [-0.2, 0) is 0 Å². The molecule has 1 heterocycles. The van der Waals surface area contributed by atoms with Crippen LogP contribution in [0.5, 0.6) is 5.75 Å². The molecule has 0 radical (unpaired) electrons. The zero-order valence-electron chi connectivity index (χ0n) is 13.9. The number of pyridine rings is 1. The molecular weight excluding hydrogens is 344 g/mol. The lowest BCUT2D eigenvalue weighted by Gasteiger charge is -2.22. The van der Waals surface area contributed by atoms with Crippen molar-refractivity contribution in [3.05, 3.63) is 101 Å². The second-order valence-corrected chi connectivity index (χ2v) is 6.51. The number of hydrogen-bond donors (Lipinski definition) is 2. The van der Waals surface area contributed by atoms with Gasteiger partial charge in [-0.25, -0.2) is 0 Å². The van der Waals surface area contributed by atoms with Gasteiger partial charge in [-0.1, -0.05) is 60.1 Å². The Hall–Kier alpha value is -3.04. The van der Waals surface area contributed by atoms with E-state index in [0.717, 1.165) is 22.2 Å².